The normalized spacial score (nSPS) is 19.8. The van der Waals surface area contributed by atoms with Crippen molar-refractivity contribution in [2.75, 3.05) is 13.1 Å². The largest absolute Gasteiger partial charge is 0.489 e. The molecule has 0 aromatic heterocycles. The zero-order chi connectivity index (χ0) is 15.1. The molecular formula is C17H26N2O2. The van der Waals surface area contributed by atoms with Crippen molar-refractivity contribution in [1.29, 1.82) is 0 Å². The number of rotatable bonds is 6. The minimum atomic E-state index is -0.0322. The van der Waals surface area contributed by atoms with Crippen LogP contribution in [0.3, 0.4) is 0 Å². The molecule has 1 fully saturated rings. The number of aryl methyl sites for hydroxylation is 1. The molecule has 2 atom stereocenters. The molecule has 0 saturated carbocycles. The summed E-state index contributed by atoms with van der Waals surface area (Å²) in [6, 6.07) is 7.98. The van der Waals surface area contributed by atoms with Gasteiger partial charge in [-0.2, -0.15) is 0 Å². The summed E-state index contributed by atoms with van der Waals surface area (Å²) in [7, 11) is 0. The first-order valence-corrected chi connectivity index (χ1v) is 7.93. The predicted molar refractivity (Wildman–Crippen MR) is 84.5 cm³/mol. The Morgan fingerprint density at radius 2 is 2.33 bits per heavy atom. The van der Waals surface area contributed by atoms with E-state index >= 15 is 0 Å². The molecule has 1 aromatic carbocycles. The molecule has 1 aromatic rings. The third kappa shape index (κ3) is 5.05. The molecule has 2 N–H and O–H groups in total. The van der Waals surface area contributed by atoms with E-state index in [0.29, 0.717) is 6.54 Å². The molecular weight excluding hydrogens is 264 g/mol. The van der Waals surface area contributed by atoms with Crippen LogP contribution in [0.15, 0.2) is 24.3 Å². The molecule has 0 aliphatic carbocycles. The first kappa shape index (κ1) is 15.8. The Bertz CT molecular complexity index is 456. The van der Waals surface area contributed by atoms with Crippen LogP contribution in [0, 0.1) is 6.92 Å². The van der Waals surface area contributed by atoms with Gasteiger partial charge in [0.25, 0.3) is 0 Å². The Morgan fingerprint density at radius 3 is 3.00 bits per heavy atom. The fourth-order valence-corrected chi connectivity index (χ4v) is 2.56. The van der Waals surface area contributed by atoms with Crippen LogP contribution in [-0.2, 0) is 4.79 Å². The maximum Gasteiger partial charge on any atom is 0.237 e. The Balaban J connectivity index is 1.80. The molecule has 1 aliphatic heterocycles. The summed E-state index contributed by atoms with van der Waals surface area (Å²) < 4.78 is 5.95. The van der Waals surface area contributed by atoms with Crippen LogP contribution in [0.1, 0.15) is 38.2 Å². The zero-order valence-corrected chi connectivity index (χ0v) is 13.0. The Kier molecular flexibility index (Phi) is 6.05. The molecule has 2 rings (SSSR count). The third-order valence-electron chi connectivity index (χ3n) is 3.88. The standard InChI is InChI=1S/C17H26N2O2/c1-3-14(21-15-8-6-7-13(2)11-15)12-19-17(20)16-9-4-5-10-18-16/h6-8,11,14,16,18H,3-5,9-10,12H2,1-2H3,(H,19,20). The number of hydrogen-bond donors (Lipinski definition) is 2. The Labute approximate surface area is 127 Å². The fourth-order valence-electron chi connectivity index (χ4n) is 2.56. The number of carbonyl (C=O) groups is 1. The van der Waals surface area contributed by atoms with Crippen molar-refractivity contribution < 1.29 is 9.53 Å². The van der Waals surface area contributed by atoms with E-state index < -0.39 is 0 Å². The van der Waals surface area contributed by atoms with Gasteiger partial charge >= 0.3 is 0 Å². The highest BCUT2D eigenvalue weighted by Gasteiger charge is 2.21. The van der Waals surface area contributed by atoms with Crippen LogP contribution < -0.4 is 15.4 Å². The first-order chi connectivity index (χ1) is 10.2. The average Bonchev–Trinajstić information content (AvgIpc) is 2.52. The molecule has 1 aliphatic rings. The van der Waals surface area contributed by atoms with Crippen molar-refractivity contribution in [1.82, 2.24) is 10.6 Å². The Morgan fingerprint density at radius 1 is 1.48 bits per heavy atom. The van der Waals surface area contributed by atoms with Crippen LogP contribution in [0.2, 0.25) is 0 Å². The number of hydrogen-bond acceptors (Lipinski definition) is 3. The lowest BCUT2D eigenvalue weighted by Crippen LogP contribution is -2.48. The van der Waals surface area contributed by atoms with Crippen molar-refractivity contribution in [3.63, 3.8) is 0 Å². The summed E-state index contributed by atoms with van der Waals surface area (Å²) in [5, 5.41) is 6.28. The van der Waals surface area contributed by atoms with Gasteiger partial charge in [-0.15, -0.1) is 0 Å². The highest BCUT2D eigenvalue weighted by atomic mass is 16.5. The van der Waals surface area contributed by atoms with Crippen LogP contribution in [0.25, 0.3) is 0 Å². The van der Waals surface area contributed by atoms with Gasteiger partial charge in [0.2, 0.25) is 5.91 Å². The minimum Gasteiger partial charge on any atom is -0.489 e. The first-order valence-electron chi connectivity index (χ1n) is 7.93. The van der Waals surface area contributed by atoms with Gasteiger partial charge in [-0.3, -0.25) is 4.79 Å². The second-order valence-corrected chi connectivity index (χ2v) is 5.71. The second-order valence-electron chi connectivity index (χ2n) is 5.71. The topological polar surface area (TPSA) is 50.4 Å². The van der Waals surface area contributed by atoms with Crippen LogP contribution in [-0.4, -0.2) is 31.1 Å². The number of piperidine rings is 1. The Hall–Kier alpha value is -1.55. The molecule has 116 valence electrons. The summed E-state index contributed by atoms with van der Waals surface area (Å²) >= 11 is 0. The van der Waals surface area contributed by atoms with E-state index in [9.17, 15) is 4.79 Å². The highest BCUT2D eigenvalue weighted by Crippen LogP contribution is 2.15. The lowest BCUT2D eigenvalue weighted by atomic mass is 10.0. The zero-order valence-electron chi connectivity index (χ0n) is 13.0. The van der Waals surface area contributed by atoms with Gasteiger partial charge in [-0.05, 0) is 50.4 Å². The number of carbonyl (C=O) groups excluding carboxylic acids is 1. The molecule has 0 bridgehead atoms. The van der Waals surface area contributed by atoms with E-state index in [-0.39, 0.29) is 18.1 Å². The van der Waals surface area contributed by atoms with Crippen LogP contribution in [0.5, 0.6) is 5.75 Å². The van der Waals surface area contributed by atoms with Gasteiger partial charge in [0.1, 0.15) is 11.9 Å². The molecule has 0 radical (unpaired) electrons. The van der Waals surface area contributed by atoms with Crippen molar-refractivity contribution in [3.05, 3.63) is 29.8 Å². The van der Waals surface area contributed by atoms with Gasteiger partial charge in [-0.25, -0.2) is 0 Å². The number of amides is 1. The average molecular weight is 290 g/mol. The molecule has 4 heteroatoms. The van der Waals surface area contributed by atoms with Crippen molar-refractivity contribution in [2.24, 2.45) is 0 Å². The minimum absolute atomic E-state index is 0.0133. The third-order valence-corrected chi connectivity index (χ3v) is 3.88. The van der Waals surface area contributed by atoms with Crippen molar-refractivity contribution in [2.45, 2.75) is 51.7 Å². The van der Waals surface area contributed by atoms with Crippen LogP contribution in [0.4, 0.5) is 0 Å². The van der Waals surface area contributed by atoms with Gasteiger partial charge in [0, 0.05) is 0 Å². The number of ether oxygens (including phenoxy) is 1. The predicted octanol–water partition coefficient (Wildman–Crippen LogP) is 2.41. The van der Waals surface area contributed by atoms with E-state index in [1.807, 2.05) is 31.2 Å². The van der Waals surface area contributed by atoms with E-state index in [0.717, 1.165) is 38.0 Å². The van der Waals surface area contributed by atoms with E-state index in [2.05, 4.69) is 17.6 Å². The molecule has 21 heavy (non-hydrogen) atoms. The molecule has 4 nitrogen and oxygen atoms in total. The van der Waals surface area contributed by atoms with Gasteiger partial charge in [0.15, 0.2) is 0 Å². The lowest BCUT2D eigenvalue weighted by Gasteiger charge is -2.24. The summed E-state index contributed by atoms with van der Waals surface area (Å²) in [5.74, 6) is 0.966. The maximum absolute atomic E-state index is 12.1. The number of nitrogens with one attached hydrogen (secondary N) is 2. The summed E-state index contributed by atoms with van der Waals surface area (Å²) in [6.07, 6.45) is 4.10. The summed E-state index contributed by atoms with van der Waals surface area (Å²) in [6.45, 7) is 5.62. The monoisotopic (exact) mass is 290 g/mol. The molecule has 2 unspecified atom stereocenters. The van der Waals surface area contributed by atoms with E-state index in [1.165, 1.54) is 5.56 Å². The highest BCUT2D eigenvalue weighted by molar-refractivity contribution is 5.81. The molecule has 0 spiro atoms. The van der Waals surface area contributed by atoms with Gasteiger partial charge < -0.3 is 15.4 Å². The van der Waals surface area contributed by atoms with Crippen molar-refractivity contribution >= 4 is 5.91 Å². The van der Waals surface area contributed by atoms with Crippen LogP contribution >= 0.6 is 0 Å². The van der Waals surface area contributed by atoms with Gasteiger partial charge in [-0.1, -0.05) is 25.5 Å². The maximum atomic E-state index is 12.1. The number of benzene rings is 1. The SMILES string of the molecule is CCC(CNC(=O)C1CCCCN1)Oc1cccc(C)c1. The lowest BCUT2D eigenvalue weighted by molar-refractivity contribution is -0.124. The molecule has 1 heterocycles. The summed E-state index contributed by atoms with van der Waals surface area (Å²) in [5.41, 5.74) is 1.18. The van der Waals surface area contributed by atoms with Gasteiger partial charge in [0.05, 0.1) is 12.6 Å². The smallest absolute Gasteiger partial charge is 0.237 e. The molecule has 1 amide bonds. The summed E-state index contributed by atoms with van der Waals surface area (Å²) in [4.78, 5) is 12.1. The van der Waals surface area contributed by atoms with E-state index in [4.69, 9.17) is 4.74 Å². The van der Waals surface area contributed by atoms with Crippen molar-refractivity contribution in [3.8, 4) is 5.75 Å². The quantitative estimate of drug-likeness (QED) is 0.846. The molecule has 1 saturated heterocycles. The second kappa shape index (κ2) is 8.03. The fraction of sp³-hybridized carbons (Fsp3) is 0.588. The van der Waals surface area contributed by atoms with E-state index in [1.54, 1.807) is 0 Å².